The van der Waals surface area contributed by atoms with Crippen LogP contribution < -0.4 is 10.4 Å². The molecule has 0 saturated heterocycles. The topological polar surface area (TPSA) is 103 Å². The van der Waals surface area contributed by atoms with Crippen LogP contribution in [-0.2, 0) is 33.1 Å². The zero-order chi connectivity index (χ0) is 21.1. The van der Waals surface area contributed by atoms with Crippen molar-refractivity contribution >= 4 is 31.6 Å². The molecule has 3 rings (SSSR count). The summed E-state index contributed by atoms with van der Waals surface area (Å²) in [5.74, 6) is 0. The van der Waals surface area contributed by atoms with Crippen LogP contribution in [0.2, 0.25) is 0 Å². The molecule has 0 aliphatic carbocycles. The summed E-state index contributed by atoms with van der Waals surface area (Å²) >= 11 is 1.04. The number of nitrogens with zero attached hydrogens (tertiary/aromatic N) is 4. The summed E-state index contributed by atoms with van der Waals surface area (Å²) in [4.78, 5) is 0.148. The van der Waals surface area contributed by atoms with Gasteiger partial charge in [-0.1, -0.05) is 60.7 Å². The highest BCUT2D eigenvalue weighted by Gasteiger charge is 2.13. The predicted molar refractivity (Wildman–Crippen MR) is 112 cm³/mol. The zero-order valence-corrected chi connectivity index (χ0v) is 18.3. The van der Waals surface area contributed by atoms with Crippen LogP contribution in [0.3, 0.4) is 0 Å². The molecule has 0 spiro atoms. The van der Waals surface area contributed by atoms with Gasteiger partial charge in [0.2, 0.25) is 10.4 Å². The molecule has 1 aromatic heterocycles. The van der Waals surface area contributed by atoms with Gasteiger partial charge < -0.3 is 0 Å². The average molecular weight is 453 g/mol. The van der Waals surface area contributed by atoms with Crippen molar-refractivity contribution in [3.8, 4) is 0 Å². The Hall–Kier alpha value is -2.50. The molecule has 0 aliphatic heterocycles. The molecule has 0 N–H and O–H groups in total. The van der Waals surface area contributed by atoms with Crippen molar-refractivity contribution in [1.29, 1.82) is 0 Å². The van der Waals surface area contributed by atoms with E-state index in [1.807, 2.05) is 60.7 Å². The van der Waals surface area contributed by atoms with Crippen LogP contribution >= 0.6 is 11.5 Å². The normalized spacial score (nSPS) is 13.7. The van der Waals surface area contributed by atoms with Crippen LogP contribution in [0, 0.1) is 0 Å². The van der Waals surface area contributed by atoms with Crippen molar-refractivity contribution in [1.82, 2.24) is 8.52 Å². The van der Waals surface area contributed by atoms with Crippen LogP contribution in [0.1, 0.15) is 11.1 Å². The molecule has 0 bridgehead atoms. The average Bonchev–Trinajstić information content (AvgIpc) is 2.90. The Labute approximate surface area is 173 Å². The molecule has 8 nitrogen and oxygen atoms in total. The monoisotopic (exact) mass is 452 g/mol. The lowest BCUT2D eigenvalue weighted by atomic mass is 10.2. The molecule has 0 radical (unpaired) electrons. The van der Waals surface area contributed by atoms with Gasteiger partial charge in [0.1, 0.15) is 0 Å². The maximum absolute atomic E-state index is 12.0. The van der Waals surface area contributed by atoms with E-state index in [1.54, 1.807) is 3.96 Å². The Morgan fingerprint density at radius 2 is 1.24 bits per heavy atom. The van der Waals surface area contributed by atoms with E-state index in [2.05, 4.69) is 8.80 Å². The number of hydrogen-bond donors (Lipinski definition) is 0. The summed E-state index contributed by atoms with van der Waals surface area (Å²) in [7, 11) is -7.44. The van der Waals surface area contributed by atoms with Gasteiger partial charge in [0, 0.05) is 0 Å². The first-order chi connectivity index (χ1) is 13.6. The summed E-state index contributed by atoms with van der Waals surface area (Å²) in [6.45, 7) is 0.551. The van der Waals surface area contributed by atoms with Crippen molar-refractivity contribution in [3.05, 3.63) is 82.2 Å². The Balaban J connectivity index is 2.30. The molecule has 11 heteroatoms. The minimum Gasteiger partial charge on any atom is -0.280 e. The molecule has 0 fully saturated rings. The van der Waals surface area contributed by atoms with Gasteiger partial charge in [-0.05, 0) is 22.7 Å². The zero-order valence-electron chi connectivity index (χ0n) is 15.8. The van der Waals surface area contributed by atoms with Crippen molar-refractivity contribution < 1.29 is 16.8 Å². The summed E-state index contributed by atoms with van der Waals surface area (Å²) in [6.07, 6.45) is 1.99. The van der Waals surface area contributed by atoms with Gasteiger partial charge in [-0.2, -0.15) is 0 Å². The number of aromatic nitrogens is 2. The predicted octanol–water partition coefficient (Wildman–Crippen LogP) is 1.17. The summed E-state index contributed by atoms with van der Waals surface area (Å²) in [5.41, 5.74) is 1.89. The Morgan fingerprint density at radius 3 is 1.72 bits per heavy atom. The van der Waals surface area contributed by atoms with E-state index >= 15 is 0 Å². The van der Waals surface area contributed by atoms with Crippen LogP contribution in [0.4, 0.5) is 0 Å². The van der Waals surface area contributed by atoms with Gasteiger partial charge in [0.25, 0.3) is 20.0 Å². The summed E-state index contributed by atoms with van der Waals surface area (Å²) < 4.78 is 58.4. The van der Waals surface area contributed by atoms with E-state index in [1.165, 1.54) is 4.57 Å². The van der Waals surface area contributed by atoms with E-state index in [4.69, 9.17) is 0 Å². The molecule has 0 aliphatic rings. The highest BCUT2D eigenvalue weighted by molar-refractivity contribution is 7.89. The van der Waals surface area contributed by atoms with E-state index in [9.17, 15) is 16.8 Å². The van der Waals surface area contributed by atoms with Crippen LogP contribution in [0.25, 0.3) is 0 Å². The molecular weight excluding hydrogens is 432 g/mol. The number of rotatable bonds is 6. The second-order valence-electron chi connectivity index (χ2n) is 6.42. The maximum Gasteiger partial charge on any atom is 0.253 e. The second-order valence-corrected chi connectivity index (χ2v) is 10.7. The van der Waals surface area contributed by atoms with Gasteiger partial charge in [0.05, 0.1) is 25.6 Å². The van der Waals surface area contributed by atoms with Crippen molar-refractivity contribution in [2.45, 2.75) is 13.1 Å². The molecule has 154 valence electrons. The first-order valence-corrected chi connectivity index (χ1v) is 13.0. The molecule has 2 aromatic carbocycles. The third-order valence-electron chi connectivity index (χ3n) is 3.73. The van der Waals surface area contributed by atoms with Gasteiger partial charge in [-0.3, -0.25) is 8.52 Å². The summed E-state index contributed by atoms with van der Waals surface area (Å²) in [6, 6.07) is 18.7. The SMILES string of the molecule is CS(=O)(=O)/N=c1\sn(Cc2ccccc2)/c(=N/S(C)(=O)=O)n1Cc1ccccc1. The van der Waals surface area contributed by atoms with Gasteiger partial charge in [0.15, 0.2) is 0 Å². The van der Waals surface area contributed by atoms with E-state index in [0.29, 0.717) is 6.54 Å². The molecule has 3 aromatic rings. The molecule has 29 heavy (non-hydrogen) atoms. The molecule has 0 unspecified atom stereocenters. The minimum atomic E-state index is -3.74. The first-order valence-electron chi connectivity index (χ1n) is 8.51. The Kier molecular flexibility index (Phi) is 6.20. The van der Waals surface area contributed by atoms with Crippen molar-refractivity contribution in [2.24, 2.45) is 8.80 Å². The highest BCUT2D eigenvalue weighted by Crippen LogP contribution is 2.05. The Bertz CT molecular complexity index is 1340. The fourth-order valence-corrected chi connectivity index (χ4v) is 4.96. The van der Waals surface area contributed by atoms with Gasteiger partial charge in [-0.15, -0.1) is 8.80 Å². The lowest BCUT2D eigenvalue weighted by Gasteiger charge is -2.05. The third-order valence-corrected chi connectivity index (χ3v) is 5.83. The Morgan fingerprint density at radius 1 is 0.759 bits per heavy atom. The second kappa shape index (κ2) is 8.47. The first kappa shape index (κ1) is 21.2. The maximum atomic E-state index is 12.0. The van der Waals surface area contributed by atoms with Gasteiger partial charge in [-0.25, -0.2) is 16.8 Å². The van der Waals surface area contributed by atoms with E-state index < -0.39 is 20.0 Å². The molecular formula is C18H20N4O4S3. The van der Waals surface area contributed by atoms with E-state index in [-0.39, 0.29) is 17.0 Å². The van der Waals surface area contributed by atoms with Crippen LogP contribution in [-0.4, -0.2) is 37.9 Å². The van der Waals surface area contributed by atoms with Gasteiger partial charge >= 0.3 is 0 Å². The molecule has 1 heterocycles. The lowest BCUT2D eigenvalue weighted by molar-refractivity contribution is 0.595. The van der Waals surface area contributed by atoms with Crippen molar-refractivity contribution in [2.75, 3.05) is 12.5 Å². The molecule has 0 amide bonds. The molecule has 0 atom stereocenters. The lowest BCUT2D eigenvalue weighted by Crippen LogP contribution is -2.33. The number of sulfonamides is 2. The van der Waals surface area contributed by atoms with Crippen molar-refractivity contribution in [3.63, 3.8) is 0 Å². The third kappa shape index (κ3) is 6.24. The molecule has 0 saturated carbocycles. The smallest absolute Gasteiger partial charge is 0.253 e. The quantitative estimate of drug-likeness (QED) is 0.560. The number of benzene rings is 2. The fraction of sp³-hybridized carbons (Fsp3) is 0.222. The van der Waals surface area contributed by atoms with Crippen LogP contribution in [0.15, 0.2) is 69.5 Å². The largest absolute Gasteiger partial charge is 0.280 e. The van der Waals surface area contributed by atoms with Crippen LogP contribution in [0.5, 0.6) is 0 Å². The standard InChI is InChI=1S/C18H20N4O4S3/c1-28(23,24)19-17-21(13-15-9-5-3-6-10-15)18(20-29(2,25)26)27-22(17)14-16-11-7-4-8-12-16/h3-12H,13-14H2,1-2H3/b19-17+,20-18-. The number of hydrogen-bond acceptors (Lipinski definition) is 5. The fourth-order valence-electron chi connectivity index (χ4n) is 2.62. The highest BCUT2D eigenvalue weighted by atomic mass is 32.2. The van der Waals surface area contributed by atoms with E-state index in [0.717, 1.165) is 35.2 Å². The summed E-state index contributed by atoms with van der Waals surface area (Å²) in [5, 5.41) is 0. The minimum absolute atomic E-state index is 0.118.